The van der Waals surface area contributed by atoms with Gasteiger partial charge in [0.2, 0.25) is 0 Å². The van der Waals surface area contributed by atoms with Gasteiger partial charge in [-0.15, -0.1) is 5.17 Å². The average molecular weight is 1020 g/mol. The molecule has 0 amide bonds. The third-order valence-electron chi connectivity index (χ3n) is 14.2. The van der Waals surface area contributed by atoms with E-state index in [4.69, 9.17) is 21.1 Å². The zero-order valence-corrected chi connectivity index (χ0v) is 48.2. The van der Waals surface area contributed by atoms with Gasteiger partial charge in [0, 0.05) is 40.7 Å². The molecule has 10 heteroatoms. The molecule has 1 aliphatic rings. The lowest BCUT2D eigenvalue weighted by atomic mass is 9.57. The summed E-state index contributed by atoms with van der Waals surface area (Å²) in [5.74, 6) is 3.31. The second kappa shape index (κ2) is 31.5. The van der Waals surface area contributed by atoms with Crippen molar-refractivity contribution in [3.63, 3.8) is 0 Å². The van der Waals surface area contributed by atoms with Gasteiger partial charge in [0.05, 0.1) is 18.2 Å². The van der Waals surface area contributed by atoms with Crippen molar-refractivity contribution in [2.45, 2.75) is 173 Å². The lowest BCUT2D eigenvalue weighted by Crippen LogP contribution is -2.36. The molecule has 1 saturated carbocycles. The van der Waals surface area contributed by atoms with Crippen molar-refractivity contribution in [2.24, 2.45) is 28.2 Å². The summed E-state index contributed by atoms with van der Waals surface area (Å²) in [6.45, 7) is 37.2. The van der Waals surface area contributed by atoms with E-state index >= 15 is 0 Å². The van der Waals surface area contributed by atoms with Crippen molar-refractivity contribution < 1.29 is 24.3 Å². The van der Waals surface area contributed by atoms with Crippen LogP contribution in [0.1, 0.15) is 204 Å². The SMILES string of the molecule is C=C(CC)CCC(C)C(=C)C.CC(C)=C(/N=C\C=C(/C)COc1ccc(C(C)(C)c2cc(Cl)c(C)c(C#N)c2)cc1)NN(C)O.CCCCC1(CC)CC(CCCOc2ccc(C(=O)C(C)C)c(C(C)=O)c2)C1. The maximum absolute atomic E-state index is 12.3. The Bertz CT molecular complexity index is 2410. The molecular weight excluding hydrogens is 928 g/mol. The fourth-order valence-electron chi connectivity index (χ4n) is 8.62. The highest BCUT2D eigenvalue weighted by Crippen LogP contribution is 2.53. The molecule has 0 aromatic heterocycles. The number of hydrazine groups is 1. The van der Waals surface area contributed by atoms with Crippen molar-refractivity contribution in [3.05, 3.63) is 140 Å². The third-order valence-corrected chi connectivity index (χ3v) is 14.6. The van der Waals surface area contributed by atoms with Crippen LogP contribution in [0.3, 0.4) is 0 Å². The molecule has 1 aliphatic carbocycles. The summed E-state index contributed by atoms with van der Waals surface area (Å²) in [6, 6.07) is 19.3. The Morgan fingerprint density at radius 1 is 0.959 bits per heavy atom. The minimum atomic E-state index is -0.326. The van der Waals surface area contributed by atoms with E-state index in [1.54, 1.807) is 18.3 Å². The van der Waals surface area contributed by atoms with E-state index in [9.17, 15) is 20.1 Å². The van der Waals surface area contributed by atoms with Gasteiger partial charge in [0.25, 0.3) is 0 Å². The second-order valence-electron chi connectivity index (χ2n) is 21.3. The average Bonchev–Trinajstić information content (AvgIpc) is 3.34. The van der Waals surface area contributed by atoms with Crippen molar-refractivity contribution >= 4 is 29.4 Å². The summed E-state index contributed by atoms with van der Waals surface area (Å²) in [5, 5.41) is 20.2. The maximum Gasteiger partial charge on any atom is 0.166 e. The summed E-state index contributed by atoms with van der Waals surface area (Å²) >= 11 is 6.37. The number of hydrogen-bond donors (Lipinski definition) is 2. The molecule has 0 heterocycles. The number of aliphatic imine (C=N–C) groups is 1. The Balaban J connectivity index is 0.000000420. The molecular formula is C63H91ClN4O5. The maximum atomic E-state index is 12.3. The number of carbonyl (C=O) groups excluding carboxylic acids is 2. The van der Waals surface area contributed by atoms with Gasteiger partial charge in [-0.3, -0.25) is 20.2 Å². The van der Waals surface area contributed by atoms with E-state index in [0.29, 0.717) is 57.8 Å². The van der Waals surface area contributed by atoms with E-state index in [1.165, 1.54) is 76.5 Å². The van der Waals surface area contributed by atoms with E-state index in [0.717, 1.165) is 63.9 Å². The predicted octanol–water partition coefficient (Wildman–Crippen LogP) is 17.1. The molecule has 0 aliphatic heterocycles. The van der Waals surface area contributed by atoms with Crippen LogP contribution < -0.4 is 14.9 Å². The van der Waals surface area contributed by atoms with Gasteiger partial charge in [0.15, 0.2) is 11.6 Å². The van der Waals surface area contributed by atoms with Gasteiger partial charge >= 0.3 is 0 Å². The highest BCUT2D eigenvalue weighted by Gasteiger charge is 2.41. The summed E-state index contributed by atoms with van der Waals surface area (Å²) in [6.07, 6.45) is 17.4. The summed E-state index contributed by atoms with van der Waals surface area (Å²) < 4.78 is 11.8. The third kappa shape index (κ3) is 21.2. The Labute approximate surface area is 446 Å². The number of rotatable bonds is 26. The lowest BCUT2D eigenvalue weighted by molar-refractivity contribution is -0.103. The highest BCUT2D eigenvalue weighted by molar-refractivity contribution is 6.31. The van der Waals surface area contributed by atoms with Gasteiger partial charge in [-0.25, -0.2) is 4.99 Å². The van der Waals surface area contributed by atoms with Crippen LogP contribution in [0.25, 0.3) is 0 Å². The monoisotopic (exact) mass is 1020 g/mol. The Morgan fingerprint density at radius 2 is 1.60 bits per heavy atom. The van der Waals surface area contributed by atoms with E-state index in [1.807, 2.05) is 90.1 Å². The van der Waals surface area contributed by atoms with Crippen LogP contribution >= 0.6 is 11.6 Å². The molecule has 4 rings (SSSR count). The standard InChI is InChI=1S/C27H33ClN4O2.C25H38O3.C11H20/c1-18(2)26(31-32(7)33)30-13-12-19(3)17-34-24-10-8-22(9-11-24)27(5,6)23-14-21(16-29)20(4)25(28)15-23;1-6-8-13-25(7-2)16-20(17-25)10-9-14-28-21-11-12-22(24(27)18(3)4)23(15-21)19(5)26;1-6-10(4)7-8-11(5)9(2)3/h8-15,31,33H,17H2,1-7H3;11-12,15,18,20H,6-10,13-14,16-17H2,1-5H3;11H,2,4,6-8H2,1,3,5H3/b19-12+,30-13-;;. The number of unbranched alkanes of at least 4 members (excludes halogenated alkanes) is 1. The molecule has 3 aromatic rings. The van der Waals surface area contributed by atoms with Crippen LogP contribution in [-0.4, -0.2) is 48.4 Å². The fraction of sp³-hybridized carbons (Fsp3) is 0.524. The molecule has 400 valence electrons. The lowest BCUT2D eigenvalue weighted by Gasteiger charge is -2.48. The molecule has 0 bridgehead atoms. The van der Waals surface area contributed by atoms with Crippen molar-refractivity contribution in [1.82, 2.24) is 10.6 Å². The zero-order valence-electron chi connectivity index (χ0n) is 47.5. The number of nitrogens with one attached hydrogen (secondary N) is 1. The van der Waals surface area contributed by atoms with E-state index < -0.39 is 0 Å². The largest absolute Gasteiger partial charge is 0.494 e. The normalized spacial score (nSPS) is 15.8. The number of Topliss-reactive ketones (excluding diaryl/α,β-unsaturated/α-hetero) is 2. The molecule has 0 spiro atoms. The molecule has 0 radical (unpaired) electrons. The first-order valence-electron chi connectivity index (χ1n) is 26.5. The van der Waals surface area contributed by atoms with Crippen LogP contribution in [0.2, 0.25) is 5.02 Å². The summed E-state index contributed by atoms with van der Waals surface area (Å²) in [4.78, 5) is 28.6. The Hall–Kier alpha value is -5.27. The van der Waals surface area contributed by atoms with Crippen LogP contribution in [0, 0.1) is 41.4 Å². The fourth-order valence-corrected chi connectivity index (χ4v) is 8.84. The number of halogens is 1. The Kier molecular flexibility index (Phi) is 27.5. The number of ether oxygens (including phenoxy) is 2. The summed E-state index contributed by atoms with van der Waals surface area (Å²) in [7, 11) is 1.49. The van der Waals surface area contributed by atoms with Crippen LogP contribution in [0.15, 0.2) is 107 Å². The number of nitrogens with zero attached hydrogens (tertiary/aromatic N) is 3. The number of allylic oxidation sites excluding steroid dienone is 4. The van der Waals surface area contributed by atoms with Crippen molar-refractivity contribution in [1.29, 1.82) is 5.26 Å². The number of carbonyl (C=O) groups is 2. The number of hydroxylamine groups is 1. The second-order valence-corrected chi connectivity index (χ2v) is 21.8. The minimum absolute atomic E-state index is 0.00390. The van der Waals surface area contributed by atoms with Gasteiger partial charge in [-0.2, -0.15) is 5.26 Å². The zero-order chi connectivity index (χ0) is 55.1. The minimum Gasteiger partial charge on any atom is -0.494 e. The smallest absolute Gasteiger partial charge is 0.166 e. The topological polar surface area (TPSA) is 124 Å². The number of hydrogen-bond acceptors (Lipinski definition) is 9. The van der Waals surface area contributed by atoms with Crippen molar-refractivity contribution in [3.8, 4) is 17.6 Å². The first-order valence-corrected chi connectivity index (χ1v) is 26.9. The van der Waals surface area contributed by atoms with Gasteiger partial charge in [0.1, 0.15) is 23.9 Å². The van der Waals surface area contributed by atoms with E-state index in [2.05, 4.69) is 78.1 Å². The highest BCUT2D eigenvalue weighted by atomic mass is 35.5. The number of nitriles is 1. The molecule has 1 atom stereocenters. The summed E-state index contributed by atoms with van der Waals surface area (Å²) in [5.41, 5.74) is 12.1. The van der Waals surface area contributed by atoms with Crippen LogP contribution in [0.5, 0.6) is 11.5 Å². The molecule has 9 nitrogen and oxygen atoms in total. The number of ketones is 2. The molecule has 2 N–H and O–H groups in total. The predicted molar refractivity (Wildman–Crippen MR) is 306 cm³/mol. The first kappa shape index (κ1) is 63.8. The van der Waals surface area contributed by atoms with Crippen molar-refractivity contribution in [2.75, 3.05) is 20.3 Å². The molecule has 0 saturated heterocycles. The van der Waals surface area contributed by atoms with Crippen LogP contribution in [-0.2, 0) is 5.41 Å². The molecule has 1 fully saturated rings. The number of benzene rings is 3. The van der Waals surface area contributed by atoms with Gasteiger partial charge < -0.3 is 9.47 Å². The molecule has 1 unspecified atom stereocenters. The molecule has 73 heavy (non-hydrogen) atoms. The van der Waals surface area contributed by atoms with E-state index in [-0.39, 0.29) is 22.9 Å². The first-order chi connectivity index (χ1) is 34.3. The Morgan fingerprint density at radius 3 is 2.14 bits per heavy atom. The quantitative estimate of drug-likeness (QED) is 0.0268. The van der Waals surface area contributed by atoms with Crippen LogP contribution in [0.4, 0.5) is 0 Å². The van der Waals surface area contributed by atoms with Gasteiger partial charge in [-0.1, -0.05) is 123 Å². The molecule has 3 aromatic carbocycles. The van der Waals surface area contributed by atoms with Gasteiger partial charge in [-0.05, 0) is 187 Å².